The first-order valence-corrected chi connectivity index (χ1v) is 11.0. The Hall–Kier alpha value is -2.55. The number of carbonyl (C=O) groups excluding carboxylic acids is 1. The Kier molecular flexibility index (Phi) is 9.36. The Balaban J connectivity index is 1.63. The van der Waals surface area contributed by atoms with Crippen molar-refractivity contribution in [3.05, 3.63) is 28.3 Å². The molecule has 9 nitrogen and oxygen atoms in total. The fourth-order valence-corrected chi connectivity index (χ4v) is 3.57. The van der Waals surface area contributed by atoms with Gasteiger partial charge in [-0.15, -0.1) is 0 Å². The van der Waals surface area contributed by atoms with Crippen molar-refractivity contribution in [2.45, 2.75) is 52.1 Å². The molecule has 1 aliphatic rings. The molecule has 31 heavy (non-hydrogen) atoms. The van der Waals surface area contributed by atoms with E-state index in [4.69, 9.17) is 9.47 Å². The van der Waals surface area contributed by atoms with E-state index in [1.165, 1.54) is 6.07 Å². The first-order chi connectivity index (χ1) is 14.7. The number of alkyl carbamates (subject to hydrolysis) is 1. The van der Waals surface area contributed by atoms with Gasteiger partial charge in [0.1, 0.15) is 11.4 Å². The summed E-state index contributed by atoms with van der Waals surface area (Å²) in [5.74, 6) is 0.666. The number of hydrogen-bond acceptors (Lipinski definition) is 7. The van der Waals surface area contributed by atoms with Crippen LogP contribution in [0, 0.1) is 10.1 Å². The van der Waals surface area contributed by atoms with Gasteiger partial charge in [0.25, 0.3) is 5.69 Å². The average Bonchev–Trinajstić information content (AvgIpc) is 2.71. The quantitative estimate of drug-likeness (QED) is 0.338. The highest BCUT2D eigenvalue weighted by Crippen LogP contribution is 2.32. The third-order valence-electron chi connectivity index (χ3n) is 5.16. The summed E-state index contributed by atoms with van der Waals surface area (Å²) in [5, 5.41) is 13.9. The number of nitro benzene ring substituents is 1. The second-order valence-electron chi connectivity index (χ2n) is 8.78. The molecule has 1 aliphatic heterocycles. The maximum atomic E-state index is 11.6. The Morgan fingerprint density at radius 1 is 1.13 bits per heavy atom. The number of nitro groups is 1. The monoisotopic (exact) mass is 436 g/mol. The number of ether oxygens (including phenoxy) is 2. The van der Waals surface area contributed by atoms with E-state index in [-0.39, 0.29) is 16.7 Å². The minimum atomic E-state index is -0.464. The highest BCUT2D eigenvalue weighted by molar-refractivity contribution is 5.67. The van der Waals surface area contributed by atoms with E-state index in [9.17, 15) is 14.9 Å². The number of anilines is 1. The summed E-state index contributed by atoms with van der Waals surface area (Å²) < 4.78 is 10.6. The first kappa shape index (κ1) is 24.7. The fourth-order valence-electron chi connectivity index (χ4n) is 3.57. The van der Waals surface area contributed by atoms with Crippen LogP contribution in [-0.2, 0) is 4.74 Å². The summed E-state index contributed by atoms with van der Waals surface area (Å²) in [6.45, 7) is 10.7. The maximum absolute atomic E-state index is 11.6. The van der Waals surface area contributed by atoms with Gasteiger partial charge in [-0.3, -0.25) is 15.0 Å². The van der Waals surface area contributed by atoms with E-state index < -0.39 is 5.60 Å². The molecular formula is C22H36N4O5. The van der Waals surface area contributed by atoms with Gasteiger partial charge in [-0.05, 0) is 46.2 Å². The highest BCUT2D eigenvalue weighted by Gasteiger charge is 2.22. The standard InChI is InChI=1S/C22H36N4O5/c1-22(2,3)31-21(27)23-11-7-5-6-8-12-24-13-15-25(16-14-24)19-17-18(26(28)29)9-10-20(19)30-4/h9-10,17H,5-8,11-16H2,1-4H3,(H,23,27). The molecule has 2 rings (SSSR count). The van der Waals surface area contributed by atoms with E-state index in [0.29, 0.717) is 12.3 Å². The van der Waals surface area contributed by atoms with Crippen molar-refractivity contribution >= 4 is 17.5 Å². The molecule has 0 bridgehead atoms. The van der Waals surface area contributed by atoms with Crippen LogP contribution in [0.2, 0.25) is 0 Å². The Morgan fingerprint density at radius 2 is 1.81 bits per heavy atom. The third-order valence-corrected chi connectivity index (χ3v) is 5.16. The lowest BCUT2D eigenvalue weighted by atomic mass is 10.1. The van der Waals surface area contributed by atoms with Crippen LogP contribution in [0.25, 0.3) is 0 Å². The molecule has 0 unspecified atom stereocenters. The zero-order valence-electron chi connectivity index (χ0n) is 19.2. The summed E-state index contributed by atoms with van der Waals surface area (Å²) >= 11 is 0. The van der Waals surface area contributed by atoms with Crippen molar-refractivity contribution in [1.29, 1.82) is 0 Å². The van der Waals surface area contributed by atoms with E-state index in [0.717, 1.165) is 64.1 Å². The van der Waals surface area contributed by atoms with Gasteiger partial charge in [0.2, 0.25) is 0 Å². The van der Waals surface area contributed by atoms with Crippen molar-refractivity contribution in [2.75, 3.05) is 51.3 Å². The zero-order chi connectivity index (χ0) is 22.9. The molecule has 0 aliphatic carbocycles. The molecule has 1 heterocycles. The molecule has 1 fully saturated rings. The van der Waals surface area contributed by atoms with Gasteiger partial charge in [0, 0.05) is 44.9 Å². The van der Waals surface area contributed by atoms with Gasteiger partial charge in [-0.25, -0.2) is 4.79 Å². The topological polar surface area (TPSA) is 97.2 Å². The van der Waals surface area contributed by atoms with E-state index in [2.05, 4.69) is 15.1 Å². The second-order valence-corrected chi connectivity index (χ2v) is 8.78. The van der Waals surface area contributed by atoms with Crippen molar-refractivity contribution in [1.82, 2.24) is 10.2 Å². The van der Waals surface area contributed by atoms with Crippen molar-refractivity contribution in [3.8, 4) is 5.75 Å². The number of amides is 1. The van der Waals surface area contributed by atoms with Crippen LogP contribution in [-0.4, -0.2) is 67.9 Å². The lowest BCUT2D eigenvalue weighted by molar-refractivity contribution is -0.384. The molecule has 1 aromatic carbocycles. The molecule has 9 heteroatoms. The average molecular weight is 437 g/mol. The normalized spacial score (nSPS) is 14.9. The van der Waals surface area contributed by atoms with Crippen LogP contribution < -0.4 is 15.0 Å². The van der Waals surface area contributed by atoms with Crippen molar-refractivity contribution < 1.29 is 19.2 Å². The minimum Gasteiger partial charge on any atom is -0.495 e. The molecule has 0 spiro atoms. The third kappa shape index (κ3) is 8.61. The predicted molar refractivity (Wildman–Crippen MR) is 121 cm³/mol. The molecule has 1 aromatic rings. The summed E-state index contributed by atoms with van der Waals surface area (Å²) in [7, 11) is 1.59. The maximum Gasteiger partial charge on any atom is 0.407 e. The number of rotatable bonds is 10. The van der Waals surface area contributed by atoms with Gasteiger partial charge < -0.3 is 19.7 Å². The molecule has 0 radical (unpaired) electrons. The summed E-state index contributed by atoms with van der Waals surface area (Å²) in [6.07, 6.45) is 3.90. The van der Waals surface area contributed by atoms with E-state index in [1.54, 1.807) is 19.2 Å². The lowest BCUT2D eigenvalue weighted by Crippen LogP contribution is -2.46. The highest BCUT2D eigenvalue weighted by atomic mass is 16.6. The number of piperazine rings is 1. The van der Waals surface area contributed by atoms with Gasteiger partial charge in [-0.2, -0.15) is 0 Å². The minimum absolute atomic E-state index is 0.0828. The van der Waals surface area contributed by atoms with Gasteiger partial charge >= 0.3 is 6.09 Å². The lowest BCUT2D eigenvalue weighted by Gasteiger charge is -2.36. The number of nitrogens with zero attached hydrogens (tertiary/aromatic N) is 3. The molecule has 0 atom stereocenters. The molecule has 1 saturated heterocycles. The van der Waals surface area contributed by atoms with Crippen LogP contribution in [0.5, 0.6) is 5.75 Å². The summed E-state index contributed by atoms with van der Waals surface area (Å²) in [4.78, 5) is 26.9. The second kappa shape index (κ2) is 11.7. The van der Waals surface area contributed by atoms with Gasteiger partial charge in [0.05, 0.1) is 17.7 Å². The number of nitrogens with one attached hydrogen (secondary N) is 1. The van der Waals surface area contributed by atoms with Gasteiger partial charge in [-0.1, -0.05) is 12.8 Å². The number of benzene rings is 1. The number of unbranched alkanes of at least 4 members (excludes halogenated alkanes) is 3. The van der Waals surface area contributed by atoms with Crippen molar-refractivity contribution in [2.24, 2.45) is 0 Å². The van der Waals surface area contributed by atoms with Crippen LogP contribution in [0.1, 0.15) is 46.5 Å². The Morgan fingerprint density at radius 3 is 2.42 bits per heavy atom. The SMILES string of the molecule is COc1ccc([N+](=O)[O-])cc1N1CCN(CCCCCCNC(=O)OC(C)(C)C)CC1. The van der Waals surface area contributed by atoms with Crippen LogP contribution in [0.15, 0.2) is 18.2 Å². The number of hydrogen-bond donors (Lipinski definition) is 1. The molecule has 1 N–H and O–H groups in total. The van der Waals surface area contributed by atoms with Crippen LogP contribution >= 0.6 is 0 Å². The summed E-state index contributed by atoms with van der Waals surface area (Å²) in [5.41, 5.74) is 0.405. The Labute approximate surface area is 184 Å². The summed E-state index contributed by atoms with van der Waals surface area (Å²) in [6, 6.07) is 4.74. The number of carbonyl (C=O) groups is 1. The van der Waals surface area contributed by atoms with E-state index in [1.807, 2.05) is 20.8 Å². The van der Waals surface area contributed by atoms with Gasteiger partial charge in [0.15, 0.2) is 0 Å². The molecular weight excluding hydrogens is 400 g/mol. The molecule has 0 saturated carbocycles. The van der Waals surface area contributed by atoms with Crippen molar-refractivity contribution in [3.63, 3.8) is 0 Å². The first-order valence-electron chi connectivity index (χ1n) is 11.0. The largest absolute Gasteiger partial charge is 0.495 e. The molecule has 0 aromatic heterocycles. The smallest absolute Gasteiger partial charge is 0.407 e. The number of methoxy groups -OCH3 is 1. The number of non-ortho nitro benzene ring substituents is 1. The predicted octanol–water partition coefficient (Wildman–Crippen LogP) is 3.81. The van der Waals surface area contributed by atoms with E-state index >= 15 is 0 Å². The van der Waals surface area contributed by atoms with Crippen LogP contribution in [0.4, 0.5) is 16.2 Å². The Bertz CT molecular complexity index is 727. The van der Waals surface area contributed by atoms with Crippen LogP contribution in [0.3, 0.4) is 0 Å². The zero-order valence-corrected chi connectivity index (χ0v) is 19.2. The molecule has 174 valence electrons. The fraction of sp³-hybridized carbons (Fsp3) is 0.682. The molecule has 1 amide bonds.